The van der Waals surface area contributed by atoms with Gasteiger partial charge in [0.1, 0.15) is 5.82 Å². The van der Waals surface area contributed by atoms with Crippen molar-refractivity contribution >= 4 is 17.6 Å². The highest BCUT2D eigenvalue weighted by Gasteiger charge is 2.18. The summed E-state index contributed by atoms with van der Waals surface area (Å²) in [6.45, 7) is 3.43. The molecule has 0 aliphatic rings. The van der Waals surface area contributed by atoms with E-state index >= 15 is 0 Å². The Hall–Kier alpha value is -3.48. The Morgan fingerprint density at radius 2 is 1.97 bits per heavy atom. The highest BCUT2D eigenvalue weighted by atomic mass is 19.1. The molecule has 1 amide bonds. The summed E-state index contributed by atoms with van der Waals surface area (Å²) in [7, 11) is 0. The largest absolute Gasteiger partial charge is 0.453 e. The molecule has 0 radical (unpaired) electrons. The number of amides is 1. The van der Waals surface area contributed by atoms with Gasteiger partial charge in [0.05, 0.1) is 12.6 Å². The maximum Gasteiger partial charge on any atom is 0.307 e. The minimum atomic E-state index is -0.928. The Balaban J connectivity index is 1.48. The number of carbonyl (C=O) groups is 2. The van der Waals surface area contributed by atoms with Crippen LogP contribution in [0.5, 0.6) is 0 Å². The van der Waals surface area contributed by atoms with Gasteiger partial charge in [-0.3, -0.25) is 9.59 Å². The van der Waals surface area contributed by atoms with Crippen LogP contribution in [0.15, 0.2) is 59.1 Å². The molecule has 0 bridgehead atoms. The summed E-state index contributed by atoms with van der Waals surface area (Å²) in [5, 5.41) is 2.71. The molecule has 1 heterocycles. The first-order valence-electron chi connectivity index (χ1n) is 9.18. The number of aromatic nitrogens is 1. The first-order valence-corrected chi connectivity index (χ1v) is 9.18. The lowest BCUT2D eigenvalue weighted by molar-refractivity contribution is -0.153. The van der Waals surface area contributed by atoms with Crippen LogP contribution in [0.25, 0.3) is 11.3 Å². The number of benzene rings is 2. The van der Waals surface area contributed by atoms with E-state index in [1.165, 1.54) is 25.3 Å². The Morgan fingerprint density at radius 1 is 1.21 bits per heavy atom. The molecule has 1 atom stereocenters. The van der Waals surface area contributed by atoms with Crippen molar-refractivity contribution in [1.29, 1.82) is 0 Å². The van der Waals surface area contributed by atoms with Gasteiger partial charge >= 0.3 is 5.97 Å². The number of hydrogen-bond acceptors (Lipinski definition) is 5. The third-order valence-corrected chi connectivity index (χ3v) is 4.19. The molecule has 1 unspecified atom stereocenters. The highest BCUT2D eigenvalue weighted by molar-refractivity contribution is 5.95. The van der Waals surface area contributed by atoms with Gasteiger partial charge in [0.15, 0.2) is 17.8 Å². The van der Waals surface area contributed by atoms with Crippen LogP contribution in [0.2, 0.25) is 0 Å². The lowest BCUT2D eigenvalue weighted by Crippen LogP contribution is -2.30. The number of anilines is 1. The smallest absolute Gasteiger partial charge is 0.307 e. The monoisotopic (exact) mass is 396 g/mol. The van der Waals surface area contributed by atoms with E-state index in [1.54, 1.807) is 18.2 Å². The van der Waals surface area contributed by atoms with Gasteiger partial charge in [-0.2, -0.15) is 0 Å². The second kappa shape index (κ2) is 9.14. The van der Waals surface area contributed by atoms with E-state index in [0.717, 1.165) is 5.56 Å². The molecule has 3 aromatic rings. The van der Waals surface area contributed by atoms with Crippen molar-refractivity contribution in [2.24, 2.45) is 0 Å². The molecule has 0 spiro atoms. The number of aryl methyl sites for hydroxylation is 2. The van der Waals surface area contributed by atoms with Crippen molar-refractivity contribution in [3.05, 3.63) is 72.0 Å². The van der Waals surface area contributed by atoms with E-state index in [-0.39, 0.29) is 18.7 Å². The van der Waals surface area contributed by atoms with Gasteiger partial charge in [0, 0.05) is 17.7 Å². The summed E-state index contributed by atoms with van der Waals surface area (Å²) in [6, 6.07) is 13.2. The predicted molar refractivity (Wildman–Crippen MR) is 106 cm³/mol. The van der Waals surface area contributed by atoms with Gasteiger partial charge in [0.25, 0.3) is 5.91 Å². The van der Waals surface area contributed by atoms with Gasteiger partial charge in [0.2, 0.25) is 0 Å². The topological polar surface area (TPSA) is 81.4 Å². The molecule has 150 valence electrons. The van der Waals surface area contributed by atoms with Crippen molar-refractivity contribution in [1.82, 2.24) is 4.98 Å². The van der Waals surface area contributed by atoms with Gasteiger partial charge in [-0.05, 0) is 55.8 Å². The molecule has 0 aliphatic heterocycles. The molecule has 7 heteroatoms. The molecule has 6 nitrogen and oxygen atoms in total. The van der Waals surface area contributed by atoms with Gasteiger partial charge in [-0.25, -0.2) is 9.37 Å². The summed E-state index contributed by atoms with van der Waals surface area (Å²) in [4.78, 5) is 28.3. The summed E-state index contributed by atoms with van der Waals surface area (Å²) >= 11 is 0. The van der Waals surface area contributed by atoms with Gasteiger partial charge in [-0.15, -0.1) is 0 Å². The molecule has 1 N–H and O–H groups in total. The van der Waals surface area contributed by atoms with Crippen molar-refractivity contribution < 1.29 is 23.1 Å². The fourth-order valence-corrected chi connectivity index (χ4v) is 2.66. The molecule has 0 saturated heterocycles. The Morgan fingerprint density at radius 3 is 2.69 bits per heavy atom. The number of nitrogens with zero attached hydrogens (tertiary/aromatic N) is 1. The minimum absolute atomic E-state index is 0.0193. The number of carbonyl (C=O) groups excluding carboxylic acids is 2. The molecule has 3 rings (SSSR count). The van der Waals surface area contributed by atoms with Crippen LogP contribution in [0, 0.1) is 12.7 Å². The number of nitrogens with one attached hydrogen (secondary N) is 1. The molecule has 0 aliphatic carbocycles. The fraction of sp³-hybridized carbons (Fsp3) is 0.227. The second-order valence-corrected chi connectivity index (χ2v) is 6.62. The zero-order chi connectivity index (χ0) is 20.8. The summed E-state index contributed by atoms with van der Waals surface area (Å²) in [5.41, 5.74) is 2.35. The van der Waals surface area contributed by atoms with E-state index in [4.69, 9.17) is 9.15 Å². The number of esters is 1. The van der Waals surface area contributed by atoms with Crippen molar-refractivity contribution in [2.75, 3.05) is 5.32 Å². The van der Waals surface area contributed by atoms with E-state index in [2.05, 4.69) is 10.3 Å². The van der Waals surface area contributed by atoms with Crippen LogP contribution < -0.4 is 5.32 Å². The molecule has 0 fully saturated rings. The summed E-state index contributed by atoms with van der Waals surface area (Å²) < 4.78 is 23.8. The standard InChI is InChI=1S/C22H21FN2O4/c1-14-4-3-5-18(12-14)25-22(27)15(2)28-21(26)11-10-20-24-13-19(29-20)16-6-8-17(23)9-7-16/h3-9,12-13,15H,10-11H2,1-2H3,(H,25,27). The van der Waals surface area contributed by atoms with Crippen LogP contribution in [0.3, 0.4) is 0 Å². The summed E-state index contributed by atoms with van der Waals surface area (Å²) in [6.07, 6.45) is 0.839. The predicted octanol–water partition coefficient (Wildman–Crippen LogP) is 4.29. The lowest BCUT2D eigenvalue weighted by atomic mass is 10.2. The van der Waals surface area contributed by atoms with Crippen LogP contribution in [0.1, 0.15) is 24.8 Å². The number of rotatable bonds is 7. The van der Waals surface area contributed by atoms with Crippen LogP contribution in [-0.4, -0.2) is 23.0 Å². The quantitative estimate of drug-likeness (QED) is 0.603. The Bertz CT molecular complexity index is 998. The van der Waals surface area contributed by atoms with E-state index in [0.29, 0.717) is 22.9 Å². The number of oxazole rings is 1. The Labute approximate surface area is 167 Å². The number of halogens is 1. The zero-order valence-electron chi connectivity index (χ0n) is 16.1. The third kappa shape index (κ3) is 5.75. The summed E-state index contributed by atoms with van der Waals surface area (Å²) in [5.74, 6) is -0.425. The maximum atomic E-state index is 13.0. The van der Waals surface area contributed by atoms with Crippen LogP contribution >= 0.6 is 0 Å². The Kier molecular flexibility index (Phi) is 6.39. The minimum Gasteiger partial charge on any atom is -0.453 e. The normalized spacial score (nSPS) is 11.7. The lowest BCUT2D eigenvalue weighted by Gasteiger charge is -2.13. The maximum absolute atomic E-state index is 13.0. The van der Waals surface area contributed by atoms with E-state index < -0.39 is 18.0 Å². The van der Waals surface area contributed by atoms with Crippen LogP contribution in [0.4, 0.5) is 10.1 Å². The molecule has 1 aromatic heterocycles. The first kappa shape index (κ1) is 20.3. The molecule has 0 saturated carbocycles. The molecule has 2 aromatic carbocycles. The number of hydrogen-bond donors (Lipinski definition) is 1. The average molecular weight is 396 g/mol. The first-order chi connectivity index (χ1) is 13.9. The molecule has 29 heavy (non-hydrogen) atoms. The van der Waals surface area contributed by atoms with Crippen molar-refractivity contribution in [2.45, 2.75) is 32.8 Å². The van der Waals surface area contributed by atoms with E-state index in [9.17, 15) is 14.0 Å². The molecular weight excluding hydrogens is 375 g/mol. The molecular formula is C22H21FN2O4. The third-order valence-electron chi connectivity index (χ3n) is 4.19. The zero-order valence-corrected chi connectivity index (χ0v) is 16.1. The van der Waals surface area contributed by atoms with Crippen molar-refractivity contribution in [3.8, 4) is 11.3 Å². The van der Waals surface area contributed by atoms with Crippen molar-refractivity contribution in [3.63, 3.8) is 0 Å². The average Bonchev–Trinajstić information content (AvgIpc) is 3.16. The SMILES string of the molecule is Cc1cccc(NC(=O)C(C)OC(=O)CCc2ncc(-c3ccc(F)cc3)o2)c1. The van der Waals surface area contributed by atoms with E-state index in [1.807, 2.05) is 25.1 Å². The van der Waals surface area contributed by atoms with Gasteiger partial charge < -0.3 is 14.5 Å². The highest BCUT2D eigenvalue weighted by Crippen LogP contribution is 2.21. The fourth-order valence-electron chi connectivity index (χ4n) is 2.66. The van der Waals surface area contributed by atoms with Crippen LogP contribution in [-0.2, 0) is 20.7 Å². The second-order valence-electron chi connectivity index (χ2n) is 6.62. The van der Waals surface area contributed by atoms with Gasteiger partial charge in [-0.1, -0.05) is 12.1 Å². The number of ether oxygens (including phenoxy) is 1.